The van der Waals surface area contributed by atoms with Gasteiger partial charge in [0.15, 0.2) is 0 Å². The van der Waals surface area contributed by atoms with Gasteiger partial charge in [-0.1, -0.05) is 0 Å². The molecule has 44 heavy (non-hydrogen) atoms. The van der Waals surface area contributed by atoms with E-state index in [-0.39, 0.29) is 11.8 Å². The average Bonchev–Trinajstić information content (AvgIpc) is 3.85. The van der Waals surface area contributed by atoms with Gasteiger partial charge in [-0.2, -0.15) is 5.10 Å². The third-order valence-electron chi connectivity index (χ3n) is 10.2. The molecule has 0 bridgehead atoms. The number of carbonyl (C=O) groups excluding carboxylic acids is 2. The predicted octanol–water partition coefficient (Wildman–Crippen LogP) is 3.90. The summed E-state index contributed by atoms with van der Waals surface area (Å²) < 4.78 is 11.2. The van der Waals surface area contributed by atoms with Crippen molar-refractivity contribution in [3.05, 3.63) is 60.4 Å². The summed E-state index contributed by atoms with van der Waals surface area (Å²) in [5.41, 5.74) is 4.19. The van der Waals surface area contributed by atoms with Crippen molar-refractivity contribution in [2.24, 2.45) is 11.3 Å². The van der Waals surface area contributed by atoms with Crippen molar-refractivity contribution < 1.29 is 19.1 Å². The average molecular weight is 599 g/mol. The maximum absolute atomic E-state index is 13.8. The zero-order valence-electron chi connectivity index (χ0n) is 25.5. The number of nitrogens with zero attached hydrogens (tertiary/aromatic N) is 5. The molecule has 10 nitrogen and oxygen atoms in total. The fraction of sp³-hybridized carbons (Fsp3) is 0.500. The minimum Gasteiger partial charge on any atom is -0.496 e. The summed E-state index contributed by atoms with van der Waals surface area (Å²) in [6, 6.07) is 14.0. The van der Waals surface area contributed by atoms with E-state index in [0.717, 1.165) is 69.2 Å². The second-order valence-electron chi connectivity index (χ2n) is 12.7. The van der Waals surface area contributed by atoms with Gasteiger partial charge in [0.05, 0.1) is 25.3 Å². The molecule has 1 spiro atoms. The molecule has 232 valence electrons. The molecule has 0 radical (unpaired) electrons. The minimum atomic E-state index is -0.413. The molecule has 10 heteroatoms. The molecule has 3 aromatic rings. The predicted molar refractivity (Wildman–Crippen MR) is 169 cm³/mol. The first kappa shape index (κ1) is 28.9. The van der Waals surface area contributed by atoms with Gasteiger partial charge < -0.3 is 24.2 Å². The van der Waals surface area contributed by atoms with Crippen LogP contribution in [0.2, 0.25) is 0 Å². The van der Waals surface area contributed by atoms with Crippen LogP contribution < -0.4 is 14.5 Å². The number of benzene rings is 2. The van der Waals surface area contributed by atoms with Gasteiger partial charge in [0.25, 0.3) is 5.91 Å². The molecule has 1 unspecified atom stereocenters. The van der Waals surface area contributed by atoms with E-state index in [2.05, 4.69) is 32.1 Å². The lowest BCUT2D eigenvalue weighted by Crippen LogP contribution is -2.48. The van der Waals surface area contributed by atoms with Gasteiger partial charge in [0.1, 0.15) is 5.75 Å². The van der Waals surface area contributed by atoms with Gasteiger partial charge >= 0.3 is 0 Å². The Hall–Kier alpha value is -3.89. The summed E-state index contributed by atoms with van der Waals surface area (Å²) in [7, 11) is 1.64. The molecule has 5 heterocycles. The first-order valence-corrected chi connectivity index (χ1v) is 16.0. The number of ether oxygens (including phenoxy) is 2. The first-order chi connectivity index (χ1) is 21.5. The Balaban J connectivity index is 0.934. The molecule has 1 aromatic heterocycles. The number of aromatic nitrogens is 2. The SMILES string of the molecule is COc1cc(N2CCC3(CCN(C(=O)c4ccc(N5CCN(CC6CCOC6)CC5)cc4)CC3)C2=O)ccc1-c1cn[nH]c1. The van der Waals surface area contributed by atoms with E-state index in [4.69, 9.17) is 9.47 Å². The number of rotatable bonds is 7. The molecule has 4 aliphatic heterocycles. The van der Waals surface area contributed by atoms with Gasteiger partial charge in [-0.3, -0.25) is 19.6 Å². The Labute approximate surface area is 258 Å². The Morgan fingerprint density at radius 3 is 2.43 bits per heavy atom. The second-order valence-corrected chi connectivity index (χ2v) is 12.7. The van der Waals surface area contributed by atoms with Gasteiger partial charge in [0, 0.05) is 99.3 Å². The number of piperidine rings is 1. The summed E-state index contributed by atoms with van der Waals surface area (Å²) in [5.74, 6) is 1.60. The summed E-state index contributed by atoms with van der Waals surface area (Å²) >= 11 is 0. The van der Waals surface area contributed by atoms with E-state index in [1.54, 1.807) is 13.3 Å². The molecule has 4 aliphatic rings. The number of H-pyrrole nitrogens is 1. The van der Waals surface area contributed by atoms with E-state index in [0.29, 0.717) is 49.7 Å². The number of aromatic amines is 1. The van der Waals surface area contributed by atoms with Crippen molar-refractivity contribution in [2.75, 3.05) is 82.5 Å². The minimum absolute atomic E-state index is 0.0527. The van der Waals surface area contributed by atoms with Crippen molar-refractivity contribution in [3.63, 3.8) is 0 Å². The van der Waals surface area contributed by atoms with Crippen LogP contribution in [-0.2, 0) is 9.53 Å². The molecular formula is C34H42N6O4. The van der Waals surface area contributed by atoms with Gasteiger partial charge in [0.2, 0.25) is 5.91 Å². The third-order valence-corrected chi connectivity index (χ3v) is 10.2. The van der Waals surface area contributed by atoms with E-state index in [1.807, 2.05) is 46.3 Å². The zero-order valence-corrected chi connectivity index (χ0v) is 25.5. The quantitative estimate of drug-likeness (QED) is 0.441. The third kappa shape index (κ3) is 5.57. The number of amides is 2. The highest BCUT2D eigenvalue weighted by atomic mass is 16.5. The molecule has 0 aliphatic carbocycles. The number of anilines is 2. The lowest BCUT2D eigenvalue weighted by Gasteiger charge is -2.38. The number of hydrogen-bond acceptors (Lipinski definition) is 7. The molecule has 7 rings (SSSR count). The fourth-order valence-corrected chi connectivity index (χ4v) is 7.43. The molecule has 2 amide bonds. The van der Waals surface area contributed by atoms with Crippen LogP contribution in [-0.4, -0.2) is 104 Å². The number of hydrogen-bond donors (Lipinski definition) is 1. The van der Waals surface area contributed by atoms with Crippen molar-refractivity contribution in [1.82, 2.24) is 20.0 Å². The van der Waals surface area contributed by atoms with Crippen LogP contribution in [0.1, 0.15) is 36.0 Å². The van der Waals surface area contributed by atoms with E-state index in [1.165, 1.54) is 12.1 Å². The van der Waals surface area contributed by atoms with Crippen molar-refractivity contribution in [2.45, 2.75) is 25.7 Å². The molecule has 4 fully saturated rings. The Morgan fingerprint density at radius 1 is 1.00 bits per heavy atom. The largest absolute Gasteiger partial charge is 0.496 e. The molecule has 0 saturated carbocycles. The maximum Gasteiger partial charge on any atom is 0.253 e. The molecule has 1 atom stereocenters. The Morgan fingerprint density at radius 2 is 1.75 bits per heavy atom. The number of nitrogens with one attached hydrogen (secondary N) is 1. The lowest BCUT2D eigenvalue weighted by molar-refractivity contribution is -0.127. The smallest absolute Gasteiger partial charge is 0.253 e. The first-order valence-electron chi connectivity index (χ1n) is 16.0. The fourth-order valence-electron chi connectivity index (χ4n) is 7.43. The van der Waals surface area contributed by atoms with Gasteiger partial charge in [-0.05, 0) is 68.0 Å². The highest BCUT2D eigenvalue weighted by Gasteiger charge is 2.49. The maximum atomic E-state index is 13.8. The molecular weight excluding hydrogens is 556 g/mol. The number of methoxy groups -OCH3 is 1. The molecule has 4 saturated heterocycles. The van der Waals surface area contributed by atoms with Crippen LogP contribution in [0.25, 0.3) is 11.1 Å². The van der Waals surface area contributed by atoms with Crippen molar-refractivity contribution in [3.8, 4) is 16.9 Å². The van der Waals surface area contributed by atoms with E-state index in [9.17, 15) is 9.59 Å². The van der Waals surface area contributed by atoms with Gasteiger partial charge in [-0.15, -0.1) is 0 Å². The van der Waals surface area contributed by atoms with Gasteiger partial charge in [-0.25, -0.2) is 0 Å². The van der Waals surface area contributed by atoms with Crippen molar-refractivity contribution in [1.29, 1.82) is 0 Å². The molecule has 1 N–H and O–H groups in total. The van der Waals surface area contributed by atoms with Crippen LogP contribution in [0.5, 0.6) is 5.75 Å². The highest BCUT2D eigenvalue weighted by Crippen LogP contribution is 2.44. The second kappa shape index (κ2) is 12.2. The highest BCUT2D eigenvalue weighted by molar-refractivity contribution is 6.01. The lowest BCUT2D eigenvalue weighted by atomic mass is 9.77. The normalized spacial score (nSPS) is 22.2. The van der Waals surface area contributed by atoms with Crippen LogP contribution in [0.4, 0.5) is 11.4 Å². The number of likely N-dealkylation sites (tertiary alicyclic amines) is 1. The Kier molecular flexibility index (Phi) is 8.03. The van der Waals surface area contributed by atoms with E-state index >= 15 is 0 Å². The summed E-state index contributed by atoms with van der Waals surface area (Å²) in [4.78, 5) is 36.0. The number of piperazine rings is 1. The molecule has 2 aromatic carbocycles. The van der Waals surface area contributed by atoms with Crippen molar-refractivity contribution >= 4 is 23.2 Å². The number of carbonyl (C=O) groups is 2. The van der Waals surface area contributed by atoms with Crippen LogP contribution in [0.15, 0.2) is 54.9 Å². The van der Waals surface area contributed by atoms with Crippen LogP contribution in [0, 0.1) is 11.3 Å². The summed E-state index contributed by atoms with van der Waals surface area (Å²) in [6.07, 6.45) is 6.94. The summed E-state index contributed by atoms with van der Waals surface area (Å²) in [5, 5.41) is 6.88. The monoisotopic (exact) mass is 598 g/mol. The zero-order chi connectivity index (χ0) is 30.1. The summed E-state index contributed by atoms with van der Waals surface area (Å²) in [6.45, 7) is 8.93. The van der Waals surface area contributed by atoms with Crippen LogP contribution in [0.3, 0.4) is 0 Å². The van der Waals surface area contributed by atoms with E-state index < -0.39 is 5.41 Å². The Bertz CT molecular complexity index is 1450. The topological polar surface area (TPSA) is 94.2 Å². The van der Waals surface area contributed by atoms with Crippen LogP contribution >= 0.6 is 0 Å². The standard InChI is InChI=1S/C34H42N6O4/c1-43-31-20-29(6-7-30(31)27-21-35-36-22-27)40-14-11-34(33(40)42)9-12-39(13-10-34)32(41)26-2-4-28(5-3-26)38-17-15-37(16-18-38)23-25-8-19-44-24-25/h2-7,20-22,25H,8-19,23-24H2,1H3,(H,35,36).